The number of carbonyl (C=O) groups is 1. The summed E-state index contributed by atoms with van der Waals surface area (Å²) in [6, 6.07) is 18.8. The van der Waals surface area contributed by atoms with Gasteiger partial charge in [0.1, 0.15) is 0 Å². The quantitative estimate of drug-likeness (QED) is 0.358. The largest absolute Gasteiger partial charge is 0.403 e. The number of hydrogen-bond donors (Lipinski definition) is 1. The molecule has 2 heterocycles. The van der Waals surface area contributed by atoms with Crippen LogP contribution >= 0.6 is 0 Å². The summed E-state index contributed by atoms with van der Waals surface area (Å²) in [5, 5.41) is 10.2. The molecule has 13 heteroatoms. The first kappa shape index (κ1) is 26.5. The number of fused-ring (bicyclic) bond motifs is 1. The van der Waals surface area contributed by atoms with Gasteiger partial charge in [-0.25, -0.2) is 21.1 Å². The average Bonchev–Trinajstić information content (AvgIpc) is 3.41. The first-order chi connectivity index (χ1) is 18.6. The molecule has 1 N–H and O–H groups in total. The van der Waals surface area contributed by atoms with Gasteiger partial charge in [-0.05, 0) is 73.0 Å². The van der Waals surface area contributed by atoms with Crippen LogP contribution < -0.4 is 9.62 Å². The molecule has 39 heavy (non-hydrogen) atoms. The molecule has 0 unspecified atom stereocenters. The molecule has 1 amide bonds. The van der Waals surface area contributed by atoms with Gasteiger partial charge in [0.2, 0.25) is 15.9 Å². The van der Waals surface area contributed by atoms with E-state index in [0.717, 1.165) is 22.7 Å². The molecule has 4 aromatic rings. The highest BCUT2D eigenvalue weighted by Crippen LogP contribution is 2.32. The van der Waals surface area contributed by atoms with Gasteiger partial charge in [0.05, 0.1) is 15.5 Å². The van der Waals surface area contributed by atoms with Gasteiger partial charge in [-0.15, -0.1) is 5.10 Å². The van der Waals surface area contributed by atoms with Gasteiger partial charge in [0.25, 0.3) is 15.9 Å². The first-order valence-electron chi connectivity index (χ1n) is 12.0. The summed E-state index contributed by atoms with van der Waals surface area (Å²) in [4.78, 5) is 12.9. The Morgan fingerprint density at radius 3 is 2.26 bits per heavy atom. The van der Waals surface area contributed by atoms with Crippen molar-refractivity contribution in [3.8, 4) is 11.5 Å². The van der Waals surface area contributed by atoms with E-state index in [4.69, 9.17) is 4.42 Å². The maximum atomic E-state index is 13.3. The molecule has 0 atom stereocenters. The van der Waals surface area contributed by atoms with E-state index < -0.39 is 26.0 Å². The molecule has 1 aliphatic heterocycles. The predicted octanol–water partition coefficient (Wildman–Crippen LogP) is 3.38. The maximum Gasteiger partial charge on any atom is 0.322 e. The average molecular weight is 568 g/mol. The van der Waals surface area contributed by atoms with Gasteiger partial charge in [0.15, 0.2) is 0 Å². The molecule has 0 fully saturated rings. The lowest BCUT2D eigenvalue weighted by atomic mass is 10.0. The van der Waals surface area contributed by atoms with Crippen molar-refractivity contribution in [1.29, 1.82) is 0 Å². The van der Waals surface area contributed by atoms with Gasteiger partial charge in [0, 0.05) is 31.8 Å². The Balaban J connectivity index is 1.29. The summed E-state index contributed by atoms with van der Waals surface area (Å²) in [6.45, 7) is 0.384. The number of amides is 1. The third-order valence-electron chi connectivity index (χ3n) is 6.30. The number of aromatic nitrogens is 2. The van der Waals surface area contributed by atoms with E-state index in [9.17, 15) is 21.6 Å². The number of nitrogens with one attached hydrogen (secondary N) is 1. The highest BCUT2D eigenvalue weighted by molar-refractivity contribution is 7.92. The second-order valence-electron chi connectivity index (χ2n) is 9.01. The fourth-order valence-electron chi connectivity index (χ4n) is 4.19. The summed E-state index contributed by atoms with van der Waals surface area (Å²) >= 11 is 0. The molecular weight excluding hydrogens is 542 g/mol. The molecule has 0 saturated carbocycles. The van der Waals surface area contributed by atoms with Crippen molar-refractivity contribution in [2.75, 3.05) is 30.3 Å². The lowest BCUT2D eigenvalue weighted by Crippen LogP contribution is -2.35. The number of aryl methyl sites for hydroxylation is 1. The minimum Gasteiger partial charge on any atom is -0.403 e. The molecule has 202 valence electrons. The van der Waals surface area contributed by atoms with Crippen LogP contribution in [-0.2, 0) is 26.5 Å². The maximum absolute atomic E-state index is 13.3. The molecule has 0 aliphatic carbocycles. The summed E-state index contributed by atoms with van der Waals surface area (Å²) in [5.74, 6) is -0.479. The van der Waals surface area contributed by atoms with Crippen LogP contribution in [0.1, 0.15) is 22.3 Å². The molecule has 5 rings (SSSR count). The number of carbonyl (C=O) groups excluding carboxylic acids is 1. The number of rotatable bonds is 7. The van der Waals surface area contributed by atoms with E-state index in [2.05, 4.69) is 15.5 Å². The molecule has 0 radical (unpaired) electrons. The predicted molar refractivity (Wildman–Crippen MR) is 144 cm³/mol. The van der Waals surface area contributed by atoms with Crippen LogP contribution in [-0.4, -0.2) is 57.9 Å². The van der Waals surface area contributed by atoms with Crippen molar-refractivity contribution in [3.05, 3.63) is 83.9 Å². The Kier molecular flexibility index (Phi) is 6.97. The van der Waals surface area contributed by atoms with E-state index >= 15 is 0 Å². The topological polar surface area (TPSA) is 143 Å². The second kappa shape index (κ2) is 10.2. The van der Waals surface area contributed by atoms with Crippen LogP contribution in [0.15, 0.2) is 87.0 Å². The third-order valence-corrected chi connectivity index (χ3v) is 9.95. The summed E-state index contributed by atoms with van der Waals surface area (Å²) in [6.07, 6.45) is 1.55. The first-order valence-corrected chi connectivity index (χ1v) is 14.8. The summed E-state index contributed by atoms with van der Waals surface area (Å²) in [7, 11) is -4.50. The Hall–Kier alpha value is -4.07. The molecule has 0 bridgehead atoms. The SMILES string of the molecule is CN(C)S(=O)(=O)c1ccc(-c2nnc(NC(=O)c3ccc(S(=O)(=O)N4CCCc5ccccc54)cc3)o2)cc1. The highest BCUT2D eigenvalue weighted by atomic mass is 32.2. The minimum absolute atomic E-state index is 0.0792. The van der Waals surface area contributed by atoms with Crippen molar-refractivity contribution in [2.45, 2.75) is 22.6 Å². The van der Waals surface area contributed by atoms with Crippen LogP contribution in [0, 0.1) is 0 Å². The van der Waals surface area contributed by atoms with Gasteiger partial charge in [-0.2, -0.15) is 0 Å². The molecule has 0 spiro atoms. The van der Waals surface area contributed by atoms with Crippen LogP contribution in [0.5, 0.6) is 0 Å². The molecule has 1 aromatic heterocycles. The lowest BCUT2D eigenvalue weighted by molar-refractivity contribution is 0.102. The standard InChI is InChI=1S/C26H25N5O6S2/c1-30(2)38(33,34)21-15-11-20(12-16-21)25-28-29-26(37-25)27-24(32)19-9-13-22(14-10-19)39(35,36)31-17-5-7-18-6-3-4-8-23(18)31/h3-4,6,8-16H,5,7,17H2,1-2H3,(H,27,29,32). The van der Waals surface area contributed by atoms with E-state index in [-0.39, 0.29) is 27.3 Å². The van der Waals surface area contributed by atoms with Crippen molar-refractivity contribution in [3.63, 3.8) is 0 Å². The highest BCUT2D eigenvalue weighted by Gasteiger charge is 2.29. The smallest absolute Gasteiger partial charge is 0.322 e. The van der Waals surface area contributed by atoms with Crippen molar-refractivity contribution in [1.82, 2.24) is 14.5 Å². The lowest BCUT2D eigenvalue weighted by Gasteiger charge is -2.30. The molecule has 11 nitrogen and oxygen atoms in total. The second-order valence-corrected chi connectivity index (χ2v) is 13.0. The number of sulfonamides is 2. The Labute approximate surface area is 226 Å². The van der Waals surface area contributed by atoms with Gasteiger partial charge in [-0.1, -0.05) is 23.3 Å². The number of para-hydroxylation sites is 1. The van der Waals surface area contributed by atoms with Crippen molar-refractivity contribution >= 4 is 37.7 Å². The van der Waals surface area contributed by atoms with Crippen LogP contribution in [0.4, 0.5) is 11.7 Å². The molecular formula is C26H25N5O6S2. The fraction of sp³-hybridized carbons (Fsp3) is 0.192. The van der Waals surface area contributed by atoms with Crippen molar-refractivity contribution in [2.24, 2.45) is 0 Å². The van der Waals surface area contributed by atoms with Crippen LogP contribution in [0.3, 0.4) is 0 Å². The minimum atomic E-state index is -3.80. The van der Waals surface area contributed by atoms with Gasteiger partial charge < -0.3 is 4.42 Å². The van der Waals surface area contributed by atoms with Crippen LogP contribution in [0.2, 0.25) is 0 Å². The number of hydrogen-bond acceptors (Lipinski definition) is 8. The van der Waals surface area contributed by atoms with E-state index in [0.29, 0.717) is 17.8 Å². The van der Waals surface area contributed by atoms with Gasteiger partial charge >= 0.3 is 6.01 Å². The summed E-state index contributed by atoms with van der Waals surface area (Å²) in [5.41, 5.74) is 2.32. The van der Waals surface area contributed by atoms with E-state index in [1.165, 1.54) is 66.9 Å². The summed E-state index contributed by atoms with van der Waals surface area (Å²) < 4.78 is 59.1. The van der Waals surface area contributed by atoms with Crippen LogP contribution in [0.25, 0.3) is 11.5 Å². The zero-order chi connectivity index (χ0) is 27.8. The number of anilines is 2. The Morgan fingerprint density at radius 1 is 0.897 bits per heavy atom. The normalized spacial score (nSPS) is 13.8. The zero-order valence-corrected chi connectivity index (χ0v) is 22.7. The van der Waals surface area contributed by atoms with Gasteiger partial charge in [-0.3, -0.25) is 14.4 Å². The third kappa shape index (κ3) is 5.15. The van der Waals surface area contributed by atoms with Crippen molar-refractivity contribution < 1.29 is 26.0 Å². The Bertz CT molecular complexity index is 1730. The molecule has 1 aliphatic rings. The molecule has 0 saturated heterocycles. The van der Waals surface area contributed by atoms with E-state index in [1.54, 1.807) is 6.07 Å². The molecule has 3 aromatic carbocycles. The monoisotopic (exact) mass is 567 g/mol. The zero-order valence-electron chi connectivity index (χ0n) is 21.1. The number of nitrogens with zero attached hydrogens (tertiary/aromatic N) is 4. The fourth-order valence-corrected chi connectivity index (χ4v) is 6.64. The Morgan fingerprint density at radius 2 is 1.56 bits per heavy atom. The van der Waals surface area contributed by atoms with E-state index in [1.807, 2.05) is 18.2 Å². The number of benzene rings is 3.